The molecule has 36 heavy (non-hydrogen) atoms. The van der Waals surface area contributed by atoms with Gasteiger partial charge in [-0.1, -0.05) is 18.2 Å². The standard InChI is InChI=1S/C27H25NO8/c1-15-11-22(31)25(27(34)28(15)10-9-16-7-8-20(29)21(30)12-16)18(13-24(32)35-2)19-14-36-23-6-4-3-5-17(23)26(19)33/h3-8,11-12,14,18,29-31H,9-10,13H2,1-2H3/t18-/m1/s1. The first-order chi connectivity index (χ1) is 17.2. The molecule has 0 saturated heterocycles. The molecule has 0 bridgehead atoms. The number of nitrogens with zero attached hydrogens (tertiary/aromatic N) is 1. The molecule has 9 heteroatoms. The van der Waals surface area contributed by atoms with E-state index in [0.29, 0.717) is 23.3 Å². The molecule has 2 aromatic heterocycles. The lowest BCUT2D eigenvalue weighted by molar-refractivity contribution is -0.140. The zero-order valence-corrected chi connectivity index (χ0v) is 19.7. The van der Waals surface area contributed by atoms with E-state index in [-0.39, 0.29) is 46.7 Å². The number of hydrogen-bond donors (Lipinski definition) is 3. The smallest absolute Gasteiger partial charge is 0.306 e. The fourth-order valence-corrected chi connectivity index (χ4v) is 4.29. The maximum absolute atomic E-state index is 13.6. The highest BCUT2D eigenvalue weighted by molar-refractivity contribution is 5.77. The molecular weight excluding hydrogens is 466 g/mol. The van der Waals surface area contributed by atoms with Crippen LogP contribution in [0.3, 0.4) is 0 Å². The van der Waals surface area contributed by atoms with Crippen LogP contribution in [0.5, 0.6) is 17.2 Å². The van der Waals surface area contributed by atoms with Crippen LogP contribution in [0.2, 0.25) is 0 Å². The summed E-state index contributed by atoms with van der Waals surface area (Å²) in [5, 5.41) is 30.4. The number of ether oxygens (including phenoxy) is 1. The lowest BCUT2D eigenvalue weighted by Gasteiger charge is -2.20. The van der Waals surface area contributed by atoms with Crippen LogP contribution in [0.25, 0.3) is 11.0 Å². The summed E-state index contributed by atoms with van der Waals surface area (Å²) in [6.45, 7) is 1.83. The molecule has 0 saturated carbocycles. The number of rotatable bonds is 7. The Kier molecular flexibility index (Phi) is 6.82. The number of aromatic nitrogens is 1. The molecule has 0 aliphatic heterocycles. The van der Waals surface area contributed by atoms with Gasteiger partial charge in [0.1, 0.15) is 11.3 Å². The van der Waals surface area contributed by atoms with E-state index in [1.807, 2.05) is 0 Å². The molecule has 186 valence electrons. The molecular formula is C27H25NO8. The van der Waals surface area contributed by atoms with Crippen LogP contribution in [0.15, 0.2) is 68.8 Å². The van der Waals surface area contributed by atoms with Gasteiger partial charge in [-0.2, -0.15) is 0 Å². The summed E-state index contributed by atoms with van der Waals surface area (Å²) in [4.78, 5) is 39.3. The number of phenolic OH excluding ortho intramolecular Hbond substituents is 2. The number of hydrogen-bond acceptors (Lipinski definition) is 8. The van der Waals surface area contributed by atoms with Crippen LogP contribution in [-0.4, -0.2) is 33.0 Å². The van der Waals surface area contributed by atoms with Gasteiger partial charge in [-0.05, 0) is 49.2 Å². The molecule has 2 heterocycles. The number of para-hydroxylation sites is 1. The molecule has 0 aliphatic carbocycles. The molecule has 2 aromatic carbocycles. The Morgan fingerprint density at radius 3 is 2.50 bits per heavy atom. The highest BCUT2D eigenvalue weighted by Crippen LogP contribution is 2.32. The Morgan fingerprint density at radius 2 is 1.78 bits per heavy atom. The van der Waals surface area contributed by atoms with Crippen molar-refractivity contribution in [3.05, 3.63) is 97.8 Å². The first-order valence-electron chi connectivity index (χ1n) is 11.2. The van der Waals surface area contributed by atoms with E-state index in [9.17, 15) is 29.7 Å². The van der Waals surface area contributed by atoms with Gasteiger partial charge in [-0.15, -0.1) is 0 Å². The number of esters is 1. The van der Waals surface area contributed by atoms with Crippen molar-refractivity contribution >= 4 is 16.9 Å². The maximum Gasteiger partial charge on any atom is 0.306 e. The van der Waals surface area contributed by atoms with Gasteiger partial charge in [0.2, 0.25) is 0 Å². The van der Waals surface area contributed by atoms with Crippen LogP contribution in [0.1, 0.15) is 34.7 Å². The van der Waals surface area contributed by atoms with E-state index in [1.54, 1.807) is 37.3 Å². The van der Waals surface area contributed by atoms with Crippen LogP contribution in [0, 0.1) is 6.92 Å². The minimum Gasteiger partial charge on any atom is -0.507 e. The summed E-state index contributed by atoms with van der Waals surface area (Å²) in [5.74, 6) is -2.66. The molecule has 0 amide bonds. The van der Waals surface area contributed by atoms with Gasteiger partial charge in [-0.25, -0.2) is 0 Å². The zero-order chi connectivity index (χ0) is 26.0. The zero-order valence-electron chi connectivity index (χ0n) is 19.7. The third-order valence-electron chi connectivity index (χ3n) is 6.22. The Bertz CT molecular complexity index is 1570. The molecule has 0 aliphatic rings. The van der Waals surface area contributed by atoms with Gasteiger partial charge >= 0.3 is 5.97 Å². The molecule has 0 spiro atoms. The molecule has 4 aromatic rings. The van der Waals surface area contributed by atoms with E-state index in [1.165, 1.54) is 36.1 Å². The molecule has 1 atom stereocenters. The quantitative estimate of drug-likeness (QED) is 0.264. The van der Waals surface area contributed by atoms with E-state index in [2.05, 4.69) is 0 Å². The third-order valence-corrected chi connectivity index (χ3v) is 6.22. The van der Waals surface area contributed by atoms with Gasteiger partial charge in [0.25, 0.3) is 5.56 Å². The number of pyridine rings is 1. The van der Waals surface area contributed by atoms with Crippen molar-refractivity contribution in [3.8, 4) is 17.2 Å². The molecule has 0 unspecified atom stereocenters. The first-order valence-corrected chi connectivity index (χ1v) is 11.2. The number of methoxy groups -OCH3 is 1. The molecule has 9 nitrogen and oxygen atoms in total. The fraction of sp³-hybridized carbons (Fsp3) is 0.222. The van der Waals surface area contributed by atoms with Crippen molar-refractivity contribution in [2.75, 3.05) is 7.11 Å². The molecule has 0 fully saturated rings. The van der Waals surface area contributed by atoms with E-state index in [0.717, 1.165) is 0 Å². The van der Waals surface area contributed by atoms with Crippen molar-refractivity contribution in [2.45, 2.75) is 32.2 Å². The highest BCUT2D eigenvalue weighted by atomic mass is 16.5. The molecule has 0 radical (unpaired) electrons. The number of aromatic hydroxyl groups is 3. The topological polar surface area (TPSA) is 139 Å². The Hall–Kier alpha value is -4.53. The van der Waals surface area contributed by atoms with E-state index >= 15 is 0 Å². The predicted molar refractivity (Wildman–Crippen MR) is 132 cm³/mol. The van der Waals surface area contributed by atoms with Gasteiger partial charge < -0.3 is 29.0 Å². The normalized spacial score (nSPS) is 11.9. The molecule has 4 rings (SSSR count). The number of carbonyl (C=O) groups is 1. The monoisotopic (exact) mass is 491 g/mol. The minimum atomic E-state index is -1.12. The van der Waals surface area contributed by atoms with Crippen molar-refractivity contribution in [3.63, 3.8) is 0 Å². The Morgan fingerprint density at radius 1 is 1.03 bits per heavy atom. The summed E-state index contributed by atoms with van der Waals surface area (Å²) in [7, 11) is 1.20. The summed E-state index contributed by atoms with van der Waals surface area (Å²) in [5.41, 5.74) is 0.422. The van der Waals surface area contributed by atoms with Crippen LogP contribution in [-0.2, 0) is 22.5 Å². The van der Waals surface area contributed by atoms with Crippen LogP contribution >= 0.6 is 0 Å². The number of fused-ring (bicyclic) bond motifs is 1. The van der Waals surface area contributed by atoms with Crippen molar-refractivity contribution in [1.29, 1.82) is 0 Å². The number of benzene rings is 2. The number of aryl methyl sites for hydroxylation is 2. The van der Waals surface area contributed by atoms with Crippen molar-refractivity contribution < 1.29 is 29.3 Å². The van der Waals surface area contributed by atoms with Crippen LogP contribution in [0.4, 0.5) is 0 Å². The third kappa shape index (κ3) is 4.68. The van der Waals surface area contributed by atoms with Crippen molar-refractivity contribution in [1.82, 2.24) is 4.57 Å². The largest absolute Gasteiger partial charge is 0.507 e. The fourth-order valence-electron chi connectivity index (χ4n) is 4.29. The van der Waals surface area contributed by atoms with Crippen molar-refractivity contribution in [2.24, 2.45) is 0 Å². The predicted octanol–water partition coefficient (Wildman–Crippen LogP) is 3.32. The summed E-state index contributed by atoms with van der Waals surface area (Å²) in [6, 6.07) is 12.4. The second kappa shape index (κ2) is 9.99. The summed E-state index contributed by atoms with van der Waals surface area (Å²) in [6.07, 6.45) is 1.18. The minimum absolute atomic E-state index is 0.0466. The number of carbonyl (C=O) groups excluding carboxylic acids is 1. The van der Waals surface area contributed by atoms with Gasteiger partial charge in [-0.3, -0.25) is 14.4 Å². The second-order valence-corrected chi connectivity index (χ2v) is 8.46. The first kappa shape index (κ1) is 24.6. The second-order valence-electron chi connectivity index (χ2n) is 8.46. The lowest BCUT2D eigenvalue weighted by atomic mass is 9.88. The van der Waals surface area contributed by atoms with E-state index < -0.39 is 22.9 Å². The van der Waals surface area contributed by atoms with Gasteiger partial charge in [0.05, 0.1) is 30.7 Å². The van der Waals surface area contributed by atoms with Gasteiger partial charge in [0.15, 0.2) is 16.9 Å². The summed E-state index contributed by atoms with van der Waals surface area (Å²) < 4.78 is 11.8. The average molecular weight is 491 g/mol. The van der Waals surface area contributed by atoms with Gasteiger partial charge in [0, 0.05) is 23.7 Å². The van der Waals surface area contributed by atoms with Crippen LogP contribution < -0.4 is 11.0 Å². The maximum atomic E-state index is 13.6. The Labute approximate surface area is 205 Å². The lowest BCUT2D eigenvalue weighted by Crippen LogP contribution is -2.30. The van der Waals surface area contributed by atoms with E-state index in [4.69, 9.17) is 9.15 Å². The average Bonchev–Trinajstić information content (AvgIpc) is 2.85. The Balaban J connectivity index is 1.83. The highest BCUT2D eigenvalue weighted by Gasteiger charge is 2.29. The number of phenols is 2. The summed E-state index contributed by atoms with van der Waals surface area (Å²) >= 11 is 0. The molecule has 3 N–H and O–H groups in total. The SMILES string of the molecule is COC(=O)C[C@H](c1coc2ccccc2c1=O)c1c(O)cc(C)n(CCc2ccc(O)c(O)c2)c1=O.